The summed E-state index contributed by atoms with van der Waals surface area (Å²) in [6.07, 6.45) is 6.48. The van der Waals surface area contributed by atoms with E-state index in [4.69, 9.17) is 9.79 Å². The van der Waals surface area contributed by atoms with Gasteiger partial charge in [-0.15, -0.1) is 0 Å². The van der Waals surface area contributed by atoms with Crippen LogP contribution in [0.1, 0.15) is 45.4 Å². The Kier molecular flexibility index (Phi) is 12.5. The maximum atomic E-state index is 10.2. The number of rotatable bonds is 8. The molecule has 0 heterocycles. The van der Waals surface area contributed by atoms with E-state index in [1.54, 1.807) is 0 Å². The van der Waals surface area contributed by atoms with E-state index in [1.807, 2.05) is 0 Å². The van der Waals surface area contributed by atoms with Gasteiger partial charge in [0, 0.05) is 18.6 Å². The average molecular weight is 261 g/mol. The second kappa shape index (κ2) is 10.2. The van der Waals surface area contributed by atoms with E-state index in [2.05, 4.69) is 11.4 Å². The van der Waals surface area contributed by atoms with E-state index < -0.39 is 7.82 Å². The predicted molar refractivity (Wildman–Crippen MR) is 51.4 cm³/mol. The molecule has 0 atom stereocenters. The Labute approximate surface area is 97.6 Å². The molecule has 85 valence electrons. The van der Waals surface area contributed by atoms with Gasteiger partial charge in [-0.05, 0) is 6.42 Å². The van der Waals surface area contributed by atoms with Crippen LogP contribution in [0.5, 0.6) is 0 Å². The van der Waals surface area contributed by atoms with Crippen molar-refractivity contribution in [1.82, 2.24) is 0 Å². The Morgan fingerprint density at radius 2 is 1.57 bits per heavy atom. The average Bonchev–Trinajstić information content (AvgIpc) is 2.01. The summed E-state index contributed by atoms with van der Waals surface area (Å²) in [6.45, 7) is 2.31. The minimum absolute atomic E-state index is 0. The van der Waals surface area contributed by atoms with Gasteiger partial charge in [-0.2, -0.15) is 0 Å². The van der Waals surface area contributed by atoms with Crippen LogP contribution in [0.25, 0.3) is 0 Å². The SMILES string of the molecule is CCCCCCCCOP(=O)(O)O.[V]. The zero-order valence-electron chi connectivity index (χ0n) is 8.56. The summed E-state index contributed by atoms with van der Waals surface area (Å²) in [6, 6.07) is 0. The first-order valence-electron chi connectivity index (χ1n) is 4.76. The molecule has 0 aromatic heterocycles. The number of phosphoric acid groups is 1. The molecule has 6 heteroatoms. The molecule has 0 aromatic carbocycles. The molecule has 0 bridgehead atoms. The fourth-order valence-electron chi connectivity index (χ4n) is 1.07. The second-order valence-corrected chi connectivity index (χ2v) is 4.33. The largest absolute Gasteiger partial charge is 0.469 e. The number of unbranched alkanes of at least 4 members (excludes halogenated alkanes) is 5. The van der Waals surface area contributed by atoms with Crippen molar-refractivity contribution < 1.29 is 37.4 Å². The summed E-state index contributed by atoms with van der Waals surface area (Å²) in [7, 11) is -4.23. The van der Waals surface area contributed by atoms with Crippen LogP contribution >= 0.6 is 7.82 Å². The maximum absolute atomic E-state index is 10.2. The molecule has 0 spiro atoms. The summed E-state index contributed by atoms with van der Waals surface area (Å²) < 4.78 is 14.5. The fourth-order valence-corrected chi connectivity index (χ4v) is 1.43. The van der Waals surface area contributed by atoms with Crippen molar-refractivity contribution >= 4 is 7.82 Å². The molecule has 0 aromatic rings. The quantitative estimate of drug-likeness (QED) is 0.520. The summed E-state index contributed by atoms with van der Waals surface area (Å²) in [5, 5.41) is 0. The van der Waals surface area contributed by atoms with Gasteiger partial charge < -0.3 is 9.79 Å². The van der Waals surface area contributed by atoms with Crippen LogP contribution in [0, 0.1) is 0 Å². The molecular formula is C8H19O4PV. The van der Waals surface area contributed by atoms with Gasteiger partial charge in [0.05, 0.1) is 6.61 Å². The number of phosphoric ester groups is 1. The molecule has 4 nitrogen and oxygen atoms in total. The maximum Gasteiger partial charge on any atom is 0.469 e. The van der Waals surface area contributed by atoms with Crippen molar-refractivity contribution in [1.29, 1.82) is 0 Å². The summed E-state index contributed by atoms with van der Waals surface area (Å²) in [5.41, 5.74) is 0. The van der Waals surface area contributed by atoms with E-state index in [9.17, 15) is 4.57 Å². The van der Waals surface area contributed by atoms with Crippen molar-refractivity contribution in [2.75, 3.05) is 6.61 Å². The molecule has 0 rings (SSSR count). The Bertz CT molecular complexity index is 159. The topological polar surface area (TPSA) is 66.8 Å². The van der Waals surface area contributed by atoms with Crippen LogP contribution in [0.3, 0.4) is 0 Å². The second-order valence-electron chi connectivity index (χ2n) is 3.09. The first-order chi connectivity index (χ1) is 6.06. The fraction of sp³-hybridized carbons (Fsp3) is 1.00. The van der Waals surface area contributed by atoms with Crippen LogP contribution in [0.4, 0.5) is 0 Å². The van der Waals surface area contributed by atoms with Crippen molar-refractivity contribution in [3.8, 4) is 0 Å². The van der Waals surface area contributed by atoms with Crippen LogP contribution in [0.2, 0.25) is 0 Å². The molecule has 2 N–H and O–H groups in total. The van der Waals surface area contributed by atoms with Gasteiger partial charge >= 0.3 is 7.82 Å². The Balaban J connectivity index is 0. The minimum Gasteiger partial charge on any atom is -0.303 e. The summed E-state index contributed by atoms with van der Waals surface area (Å²) in [4.78, 5) is 16.7. The van der Waals surface area contributed by atoms with E-state index in [0.29, 0.717) is 0 Å². The first kappa shape index (κ1) is 17.1. The Morgan fingerprint density at radius 1 is 1.07 bits per heavy atom. The molecule has 0 aliphatic heterocycles. The molecular weight excluding hydrogens is 242 g/mol. The standard InChI is InChI=1S/C8H19O4P.V/c1-2-3-4-5-6-7-8-12-13(9,10)11;/h2-8H2,1H3,(H2,9,10,11);. The van der Waals surface area contributed by atoms with Gasteiger partial charge in [0.2, 0.25) is 0 Å². The van der Waals surface area contributed by atoms with Gasteiger partial charge in [-0.1, -0.05) is 39.0 Å². The molecule has 14 heavy (non-hydrogen) atoms. The monoisotopic (exact) mass is 261 g/mol. The molecule has 0 unspecified atom stereocenters. The van der Waals surface area contributed by atoms with Crippen LogP contribution in [0.15, 0.2) is 0 Å². The molecule has 0 aliphatic rings. The third-order valence-electron chi connectivity index (χ3n) is 1.76. The van der Waals surface area contributed by atoms with Gasteiger partial charge in [0.25, 0.3) is 0 Å². The zero-order valence-corrected chi connectivity index (χ0v) is 10.8. The number of hydrogen-bond donors (Lipinski definition) is 2. The van der Waals surface area contributed by atoms with E-state index in [1.165, 1.54) is 19.3 Å². The van der Waals surface area contributed by atoms with Crippen molar-refractivity contribution in [3.05, 3.63) is 0 Å². The van der Waals surface area contributed by atoms with E-state index >= 15 is 0 Å². The molecule has 0 aliphatic carbocycles. The van der Waals surface area contributed by atoms with Gasteiger partial charge in [-0.3, -0.25) is 4.52 Å². The van der Waals surface area contributed by atoms with Gasteiger partial charge in [0.15, 0.2) is 0 Å². The van der Waals surface area contributed by atoms with Crippen molar-refractivity contribution in [3.63, 3.8) is 0 Å². The van der Waals surface area contributed by atoms with Crippen molar-refractivity contribution in [2.45, 2.75) is 45.4 Å². The first-order valence-corrected chi connectivity index (χ1v) is 6.29. The van der Waals surface area contributed by atoms with E-state index in [-0.39, 0.29) is 25.2 Å². The summed E-state index contributed by atoms with van der Waals surface area (Å²) >= 11 is 0. The van der Waals surface area contributed by atoms with Crippen LogP contribution < -0.4 is 0 Å². The van der Waals surface area contributed by atoms with Gasteiger partial charge in [0.1, 0.15) is 0 Å². The van der Waals surface area contributed by atoms with Gasteiger partial charge in [-0.25, -0.2) is 4.57 Å². The molecule has 0 amide bonds. The van der Waals surface area contributed by atoms with Crippen molar-refractivity contribution in [2.24, 2.45) is 0 Å². The third-order valence-corrected chi connectivity index (χ3v) is 2.28. The Hall–Kier alpha value is 0.694. The van der Waals surface area contributed by atoms with Crippen LogP contribution in [-0.4, -0.2) is 16.4 Å². The minimum atomic E-state index is -4.23. The Morgan fingerprint density at radius 3 is 2.07 bits per heavy atom. The molecule has 0 saturated heterocycles. The molecule has 0 saturated carbocycles. The van der Waals surface area contributed by atoms with Crippen LogP contribution in [-0.2, 0) is 27.6 Å². The molecule has 0 fully saturated rings. The summed E-state index contributed by atoms with van der Waals surface area (Å²) in [5.74, 6) is 0. The normalized spacial score (nSPS) is 11.1. The molecule has 1 radical (unpaired) electrons. The van der Waals surface area contributed by atoms with E-state index in [0.717, 1.165) is 19.3 Å². The number of hydrogen-bond acceptors (Lipinski definition) is 2. The predicted octanol–water partition coefficient (Wildman–Crippen LogP) is 2.45. The third kappa shape index (κ3) is 15.2. The smallest absolute Gasteiger partial charge is 0.303 e. The zero-order chi connectivity index (χ0) is 10.2.